The summed E-state index contributed by atoms with van der Waals surface area (Å²) in [5.41, 5.74) is 5.11. The molecule has 27 heavy (non-hydrogen) atoms. The molecule has 1 aliphatic carbocycles. The van der Waals surface area contributed by atoms with Crippen LogP contribution in [0.1, 0.15) is 35.8 Å². The number of nitrogens with one attached hydrogen (secondary N) is 1. The molecule has 0 bridgehead atoms. The van der Waals surface area contributed by atoms with Crippen molar-refractivity contribution in [3.8, 4) is 23.1 Å². The van der Waals surface area contributed by atoms with Crippen molar-refractivity contribution in [1.29, 1.82) is 5.26 Å². The van der Waals surface area contributed by atoms with Crippen LogP contribution >= 0.6 is 0 Å². The number of aromatic nitrogens is 4. The third kappa shape index (κ3) is 2.72. The van der Waals surface area contributed by atoms with Crippen molar-refractivity contribution in [1.82, 2.24) is 20.3 Å². The van der Waals surface area contributed by atoms with Crippen LogP contribution in [0, 0.1) is 11.3 Å². The highest BCUT2D eigenvalue weighted by Gasteiger charge is 2.24. The predicted molar refractivity (Wildman–Crippen MR) is 96.8 cm³/mol. The SMILES string of the molecule is N#Cc1cnc2c(c1)CCC[C@H]2Oc1ccc2[nH]nc(-c3cnoc3)c2c1. The Morgan fingerprint density at radius 3 is 3.07 bits per heavy atom. The summed E-state index contributed by atoms with van der Waals surface area (Å²) in [4.78, 5) is 4.49. The summed E-state index contributed by atoms with van der Waals surface area (Å²) in [6.07, 6.45) is 7.53. The zero-order valence-corrected chi connectivity index (χ0v) is 14.3. The van der Waals surface area contributed by atoms with Gasteiger partial charge in [-0.2, -0.15) is 10.4 Å². The van der Waals surface area contributed by atoms with Gasteiger partial charge in [-0.25, -0.2) is 0 Å². The molecule has 1 N–H and O–H groups in total. The summed E-state index contributed by atoms with van der Waals surface area (Å²) >= 11 is 0. The van der Waals surface area contributed by atoms with Crippen LogP contribution in [0.3, 0.4) is 0 Å². The summed E-state index contributed by atoms with van der Waals surface area (Å²) in [7, 11) is 0. The van der Waals surface area contributed by atoms with E-state index in [4.69, 9.17) is 14.5 Å². The smallest absolute Gasteiger partial charge is 0.141 e. The Labute approximate surface area is 154 Å². The fraction of sp³-hybridized carbons (Fsp3) is 0.200. The van der Waals surface area contributed by atoms with Crippen molar-refractivity contribution in [2.24, 2.45) is 0 Å². The summed E-state index contributed by atoms with van der Waals surface area (Å²) < 4.78 is 11.2. The molecule has 3 aromatic heterocycles. The van der Waals surface area contributed by atoms with Gasteiger partial charge in [0.2, 0.25) is 0 Å². The first-order valence-electron chi connectivity index (χ1n) is 8.75. The van der Waals surface area contributed by atoms with E-state index in [0.29, 0.717) is 5.56 Å². The first kappa shape index (κ1) is 15.6. The number of hydrogen-bond donors (Lipinski definition) is 1. The van der Waals surface area contributed by atoms with Crippen LogP contribution in [0.15, 0.2) is 47.4 Å². The Morgan fingerprint density at radius 2 is 2.22 bits per heavy atom. The molecule has 1 aromatic carbocycles. The zero-order chi connectivity index (χ0) is 18.2. The number of benzene rings is 1. The number of nitriles is 1. The van der Waals surface area contributed by atoms with Crippen LogP contribution in [0.4, 0.5) is 0 Å². The normalized spacial score (nSPS) is 16.0. The van der Waals surface area contributed by atoms with Gasteiger partial charge in [-0.05, 0) is 49.1 Å². The van der Waals surface area contributed by atoms with Gasteiger partial charge in [-0.1, -0.05) is 5.16 Å². The van der Waals surface area contributed by atoms with Crippen molar-refractivity contribution in [2.75, 3.05) is 0 Å². The fourth-order valence-corrected chi connectivity index (χ4v) is 3.57. The summed E-state index contributed by atoms with van der Waals surface area (Å²) in [5.74, 6) is 0.755. The largest absolute Gasteiger partial charge is 0.484 e. The van der Waals surface area contributed by atoms with E-state index in [1.54, 1.807) is 18.7 Å². The predicted octanol–water partition coefficient (Wildman–Crippen LogP) is 3.94. The lowest BCUT2D eigenvalue weighted by molar-refractivity contribution is 0.178. The minimum atomic E-state index is -0.120. The number of hydrogen-bond acceptors (Lipinski definition) is 6. The number of rotatable bonds is 3. The maximum absolute atomic E-state index is 9.08. The molecule has 1 aliphatic rings. The standard InChI is InChI=1S/C20H15N5O2/c21-8-12-6-13-2-1-3-18(20(13)22-9-12)27-15-4-5-17-16(7-15)19(25-24-17)14-10-23-26-11-14/h4-7,9-11,18H,1-3H2,(H,24,25)/t18-/m1/s1. The number of ether oxygens (including phenoxy) is 1. The lowest BCUT2D eigenvalue weighted by Crippen LogP contribution is -2.17. The molecular weight excluding hydrogens is 342 g/mol. The van der Waals surface area contributed by atoms with Crippen LogP contribution in [0.25, 0.3) is 22.2 Å². The highest BCUT2D eigenvalue weighted by atomic mass is 16.5. The molecular formula is C20H15N5O2. The quantitative estimate of drug-likeness (QED) is 0.596. The fourth-order valence-electron chi connectivity index (χ4n) is 3.57. The summed E-state index contributed by atoms with van der Waals surface area (Å²) in [6.45, 7) is 0. The van der Waals surface area contributed by atoms with Gasteiger partial charge in [-0.3, -0.25) is 10.1 Å². The minimum Gasteiger partial charge on any atom is -0.484 e. The number of fused-ring (bicyclic) bond motifs is 2. The van der Waals surface area contributed by atoms with Gasteiger partial charge in [0.05, 0.1) is 28.5 Å². The van der Waals surface area contributed by atoms with E-state index in [2.05, 4.69) is 26.4 Å². The second-order valence-electron chi connectivity index (χ2n) is 6.57. The number of aryl methyl sites for hydroxylation is 1. The molecule has 0 spiro atoms. The molecule has 5 rings (SSSR count). The highest BCUT2D eigenvalue weighted by molar-refractivity contribution is 5.93. The van der Waals surface area contributed by atoms with Crippen molar-refractivity contribution in [2.45, 2.75) is 25.4 Å². The van der Waals surface area contributed by atoms with Crippen LogP contribution in [-0.2, 0) is 6.42 Å². The van der Waals surface area contributed by atoms with Crippen molar-refractivity contribution in [3.05, 3.63) is 59.7 Å². The molecule has 0 aliphatic heterocycles. The molecule has 0 fully saturated rings. The summed E-state index contributed by atoms with van der Waals surface area (Å²) in [6, 6.07) is 9.92. The molecule has 132 valence electrons. The van der Waals surface area contributed by atoms with Crippen molar-refractivity contribution >= 4 is 10.9 Å². The lowest BCUT2D eigenvalue weighted by atomic mass is 9.93. The molecule has 0 saturated carbocycles. The molecule has 0 radical (unpaired) electrons. The Morgan fingerprint density at radius 1 is 1.26 bits per heavy atom. The van der Waals surface area contributed by atoms with E-state index in [0.717, 1.165) is 58.4 Å². The van der Waals surface area contributed by atoms with Crippen molar-refractivity contribution in [3.63, 3.8) is 0 Å². The number of nitrogens with zero attached hydrogens (tertiary/aromatic N) is 4. The highest BCUT2D eigenvalue weighted by Crippen LogP contribution is 2.35. The van der Waals surface area contributed by atoms with Crippen LogP contribution in [0.2, 0.25) is 0 Å². The molecule has 4 aromatic rings. The van der Waals surface area contributed by atoms with E-state index in [1.165, 1.54) is 0 Å². The molecule has 0 amide bonds. The molecule has 7 nitrogen and oxygen atoms in total. The molecule has 3 heterocycles. The van der Waals surface area contributed by atoms with Crippen LogP contribution in [0.5, 0.6) is 5.75 Å². The number of pyridine rings is 1. The average molecular weight is 357 g/mol. The third-order valence-electron chi connectivity index (χ3n) is 4.87. The Hall–Kier alpha value is -3.66. The Balaban J connectivity index is 1.49. The minimum absolute atomic E-state index is 0.120. The molecule has 0 unspecified atom stereocenters. The van der Waals surface area contributed by atoms with Crippen molar-refractivity contribution < 1.29 is 9.26 Å². The maximum atomic E-state index is 9.08. The topological polar surface area (TPSA) is 101 Å². The van der Waals surface area contributed by atoms with E-state index in [-0.39, 0.29) is 6.10 Å². The van der Waals surface area contributed by atoms with Crippen LogP contribution < -0.4 is 4.74 Å². The molecule has 0 saturated heterocycles. The Bertz CT molecular complexity index is 1160. The van der Waals surface area contributed by atoms with Gasteiger partial charge < -0.3 is 9.26 Å². The van der Waals surface area contributed by atoms with E-state index in [1.807, 2.05) is 24.3 Å². The Kier molecular flexibility index (Phi) is 3.61. The molecule has 1 atom stereocenters. The first-order chi connectivity index (χ1) is 13.3. The number of H-pyrrole nitrogens is 1. The second-order valence-corrected chi connectivity index (χ2v) is 6.57. The van der Waals surface area contributed by atoms with E-state index in [9.17, 15) is 0 Å². The first-order valence-corrected chi connectivity index (χ1v) is 8.75. The zero-order valence-electron chi connectivity index (χ0n) is 14.3. The van der Waals surface area contributed by atoms with Gasteiger partial charge in [0.25, 0.3) is 0 Å². The van der Waals surface area contributed by atoms with Gasteiger partial charge in [0.15, 0.2) is 0 Å². The third-order valence-corrected chi connectivity index (χ3v) is 4.87. The van der Waals surface area contributed by atoms with Gasteiger partial charge in [-0.15, -0.1) is 0 Å². The average Bonchev–Trinajstić information content (AvgIpc) is 3.37. The number of aromatic amines is 1. The maximum Gasteiger partial charge on any atom is 0.141 e. The second kappa shape index (κ2) is 6.25. The van der Waals surface area contributed by atoms with Gasteiger partial charge >= 0.3 is 0 Å². The molecule has 7 heteroatoms. The van der Waals surface area contributed by atoms with Crippen LogP contribution in [-0.4, -0.2) is 20.3 Å². The van der Waals surface area contributed by atoms with Gasteiger partial charge in [0, 0.05) is 11.6 Å². The summed E-state index contributed by atoms with van der Waals surface area (Å²) in [5, 5.41) is 21.2. The van der Waals surface area contributed by atoms with E-state index >= 15 is 0 Å². The van der Waals surface area contributed by atoms with E-state index < -0.39 is 0 Å². The van der Waals surface area contributed by atoms with Gasteiger partial charge in [0.1, 0.15) is 29.9 Å². The monoisotopic (exact) mass is 357 g/mol. The lowest BCUT2D eigenvalue weighted by Gasteiger charge is -2.25.